The van der Waals surface area contributed by atoms with Gasteiger partial charge in [0.1, 0.15) is 12.4 Å². The highest BCUT2D eigenvalue weighted by Crippen LogP contribution is 2.09. The van der Waals surface area contributed by atoms with Gasteiger partial charge >= 0.3 is 6.09 Å². The van der Waals surface area contributed by atoms with Crippen molar-refractivity contribution in [1.82, 2.24) is 15.0 Å². The van der Waals surface area contributed by atoms with Gasteiger partial charge in [0.25, 0.3) is 0 Å². The zero-order valence-electron chi connectivity index (χ0n) is 10.1. The normalized spacial score (nSPS) is 10.1. The summed E-state index contributed by atoms with van der Waals surface area (Å²) in [4.78, 5) is 22.0. The Balaban J connectivity index is 1.94. The average Bonchev–Trinajstić information content (AvgIpc) is 2.75. The smallest absolute Gasteiger partial charge is 0.410 e. The number of carboxylic acid groups (broad SMARTS) is 1. The molecule has 1 heterocycles. The second kappa shape index (κ2) is 5.78. The molecule has 0 radical (unpaired) electrons. The molecule has 2 rings (SSSR count). The number of carbonyl (C=O) groups is 2. The molecule has 0 bridgehead atoms. The van der Waals surface area contributed by atoms with E-state index in [0.29, 0.717) is 5.69 Å². The van der Waals surface area contributed by atoms with E-state index in [2.05, 4.69) is 15.6 Å². The van der Waals surface area contributed by atoms with Crippen molar-refractivity contribution in [3.05, 3.63) is 36.3 Å². The van der Waals surface area contributed by atoms with Gasteiger partial charge in [-0.1, -0.05) is 11.3 Å². The number of aromatic nitrogens is 3. The van der Waals surface area contributed by atoms with Crippen LogP contribution in [-0.4, -0.2) is 32.1 Å². The number of rotatable bonds is 4. The number of benzene rings is 1. The fourth-order valence-corrected chi connectivity index (χ4v) is 1.46. The van der Waals surface area contributed by atoms with E-state index in [4.69, 9.17) is 5.11 Å². The summed E-state index contributed by atoms with van der Waals surface area (Å²) in [7, 11) is 0. The number of hydrogen-bond acceptors (Lipinski definition) is 4. The van der Waals surface area contributed by atoms with Crippen LogP contribution >= 0.6 is 0 Å². The lowest BCUT2D eigenvalue weighted by atomic mass is 10.3. The lowest BCUT2D eigenvalue weighted by Crippen LogP contribution is -2.19. The summed E-state index contributed by atoms with van der Waals surface area (Å²) in [6, 6.07) is 5.45. The van der Waals surface area contributed by atoms with Crippen LogP contribution in [0.15, 0.2) is 30.5 Å². The number of nitrogens with one attached hydrogen (secondary N) is 2. The van der Waals surface area contributed by atoms with Crippen LogP contribution in [0.5, 0.6) is 0 Å². The zero-order valence-corrected chi connectivity index (χ0v) is 10.1. The molecule has 20 heavy (non-hydrogen) atoms. The lowest BCUT2D eigenvalue weighted by Gasteiger charge is -2.04. The summed E-state index contributed by atoms with van der Waals surface area (Å²) in [5.41, 5.74) is 0.319. The average molecular weight is 279 g/mol. The predicted molar refractivity (Wildman–Crippen MR) is 66.7 cm³/mol. The molecular formula is C11H10FN5O3. The Kier molecular flexibility index (Phi) is 3.89. The fraction of sp³-hybridized carbons (Fsp3) is 0.0909. The standard InChI is InChI=1S/C11H10FN5O3/c12-7-2-1-3-8(4-7)13-10(18)6-17-5-9(15-16-17)14-11(19)20/h1-5,14H,6H2,(H,13,18)(H,19,20). The number of amides is 2. The number of carbonyl (C=O) groups excluding carboxylic acids is 1. The number of hydrogen-bond donors (Lipinski definition) is 3. The van der Waals surface area contributed by atoms with Gasteiger partial charge in [0.15, 0.2) is 5.82 Å². The summed E-state index contributed by atoms with van der Waals surface area (Å²) < 4.78 is 14.1. The van der Waals surface area contributed by atoms with E-state index in [9.17, 15) is 14.0 Å². The van der Waals surface area contributed by atoms with Crippen molar-refractivity contribution in [3.63, 3.8) is 0 Å². The minimum absolute atomic E-state index is 0.0102. The Labute approximate surface area is 112 Å². The van der Waals surface area contributed by atoms with Crippen molar-refractivity contribution in [3.8, 4) is 0 Å². The molecular weight excluding hydrogens is 269 g/mol. The van der Waals surface area contributed by atoms with Crippen molar-refractivity contribution in [2.75, 3.05) is 10.6 Å². The Morgan fingerprint density at radius 2 is 2.15 bits per heavy atom. The fourth-order valence-electron chi connectivity index (χ4n) is 1.46. The Hall–Kier alpha value is -2.97. The molecule has 8 nitrogen and oxygen atoms in total. The van der Waals surface area contributed by atoms with Crippen LogP contribution in [0.4, 0.5) is 20.7 Å². The Bertz CT molecular complexity index is 642. The van der Waals surface area contributed by atoms with E-state index in [1.807, 2.05) is 5.32 Å². The minimum Gasteiger partial charge on any atom is -0.465 e. The van der Waals surface area contributed by atoms with E-state index >= 15 is 0 Å². The van der Waals surface area contributed by atoms with E-state index < -0.39 is 17.8 Å². The Morgan fingerprint density at radius 3 is 2.85 bits per heavy atom. The highest BCUT2D eigenvalue weighted by molar-refractivity contribution is 5.90. The third kappa shape index (κ3) is 3.77. The first-order valence-electron chi connectivity index (χ1n) is 5.48. The van der Waals surface area contributed by atoms with Gasteiger partial charge in [-0.2, -0.15) is 0 Å². The molecule has 3 N–H and O–H groups in total. The molecule has 0 atom stereocenters. The molecule has 0 unspecified atom stereocenters. The monoisotopic (exact) mass is 279 g/mol. The second-order valence-corrected chi connectivity index (χ2v) is 3.79. The molecule has 9 heteroatoms. The molecule has 0 saturated carbocycles. The van der Waals surface area contributed by atoms with Gasteiger partial charge in [-0.3, -0.25) is 10.1 Å². The van der Waals surface area contributed by atoms with Gasteiger partial charge < -0.3 is 10.4 Å². The van der Waals surface area contributed by atoms with Gasteiger partial charge in [0.05, 0.1) is 6.20 Å². The van der Waals surface area contributed by atoms with Crippen LogP contribution < -0.4 is 10.6 Å². The molecule has 1 aromatic carbocycles. The van der Waals surface area contributed by atoms with Crippen molar-refractivity contribution >= 4 is 23.5 Å². The largest absolute Gasteiger partial charge is 0.465 e. The van der Waals surface area contributed by atoms with Crippen molar-refractivity contribution in [2.24, 2.45) is 0 Å². The SMILES string of the molecule is O=C(O)Nc1cn(CC(=O)Nc2cccc(F)c2)nn1. The minimum atomic E-state index is -1.28. The Morgan fingerprint density at radius 1 is 1.35 bits per heavy atom. The first-order chi connectivity index (χ1) is 9.52. The molecule has 0 aliphatic carbocycles. The van der Waals surface area contributed by atoms with E-state index in [0.717, 1.165) is 4.68 Å². The molecule has 2 amide bonds. The van der Waals surface area contributed by atoms with E-state index in [1.54, 1.807) is 6.07 Å². The van der Waals surface area contributed by atoms with Gasteiger partial charge in [0.2, 0.25) is 5.91 Å². The summed E-state index contributed by atoms with van der Waals surface area (Å²) in [5.74, 6) is -0.894. The molecule has 0 fully saturated rings. The maximum Gasteiger partial charge on any atom is 0.410 e. The molecule has 2 aromatic rings. The molecule has 0 aliphatic heterocycles. The molecule has 0 aliphatic rings. The van der Waals surface area contributed by atoms with Crippen LogP contribution in [-0.2, 0) is 11.3 Å². The maximum atomic E-state index is 12.9. The number of nitrogens with zero attached hydrogens (tertiary/aromatic N) is 3. The van der Waals surface area contributed by atoms with Crippen molar-refractivity contribution < 1.29 is 19.1 Å². The van der Waals surface area contributed by atoms with E-state index in [-0.39, 0.29) is 12.4 Å². The van der Waals surface area contributed by atoms with Gasteiger partial charge in [0, 0.05) is 5.69 Å². The predicted octanol–water partition coefficient (Wildman–Crippen LogP) is 1.15. The highest BCUT2D eigenvalue weighted by atomic mass is 19.1. The van der Waals surface area contributed by atoms with Crippen LogP contribution in [0, 0.1) is 5.82 Å². The first kappa shape index (κ1) is 13.5. The molecule has 1 aromatic heterocycles. The molecule has 0 spiro atoms. The number of anilines is 2. The topological polar surface area (TPSA) is 109 Å². The van der Waals surface area contributed by atoms with Crippen molar-refractivity contribution in [1.29, 1.82) is 0 Å². The third-order valence-electron chi connectivity index (χ3n) is 2.19. The van der Waals surface area contributed by atoms with Crippen LogP contribution in [0.25, 0.3) is 0 Å². The highest BCUT2D eigenvalue weighted by Gasteiger charge is 2.08. The lowest BCUT2D eigenvalue weighted by molar-refractivity contribution is -0.116. The van der Waals surface area contributed by atoms with Crippen molar-refractivity contribution in [2.45, 2.75) is 6.54 Å². The van der Waals surface area contributed by atoms with E-state index in [1.165, 1.54) is 24.4 Å². The summed E-state index contributed by atoms with van der Waals surface area (Å²) >= 11 is 0. The zero-order chi connectivity index (χ0) is 14.5. The third-order valence-corrected chi connectivity index (χ3v) is 2.19. The summed E-state index contributed by atoms with van der Waals surface area (Å²) in [5, 5.41) is 20.0. The van der Waals surface area contributed by atoms with Gasteiger partial charge in [-0.15, -0.1) is 5.10 Å². The second-order valence-electron chi connectivity index (χ2n) is 3.79. The maximum absolute atomic E-state index is 12.9. The first-order valence-corrected chi connectivity index (χ1v) is 5.48. The molecule has 0 saturated heterocycles. The molecule has 104 valence electrons. The van der Waals surface area contributed by atoms with Crippen LogP contribution in [0.1, 0.15) is 0 Å². The number of halogens is 1. The quantitative estimate of drug-likeness (QED) is 0.777. The van der Waals surface area contributed by atoms with Crippen LogP contribution in [0.3, 0.4) is 0 Å². The van der Waals surface area contributed by atoms with Crippen LogP contribution in [0.2, 0.25) is 0 Å². The van der Waals surface area contributed by atoms with Gasteiger partial charge in [-0.25, -0.2) is 13.9 Å². The summed E-state index contributed by atoms with van der Waals surface area (Å²) in [6.45, 7) is -0.176. The van der Waals surface area contributed by atoms with Gasteiger partial charge in [-0.05, 0) is 18.2 Å². The summed E-state index contributed by atoms with van der Waals surface area (Å²) in [6.07, 6.45) is -0.0134.